The number of rotatable bonds is 5. The van der Waals surface area contributed by atoms with Crippen LogP contribution in [-0.4, -0.2) is 44.4 Å². The van der Waals surface area contributed by atoms with Crippen LogP contribution in [0.25, 0.3) is 6.08 Å². The zero-order chi connectivity index (χ0) is 20.3. The van der Waals surface area contributed by atoms with E-state index in [0.717, 1.165) is 11.4 Å². The minimum absolute atomic E-state index is 0.150. The molecule has 1 saturated heterocycles. The number of likely N-dealkylation sites (N-methyl/N-ethyl adjacent to an activating group) is 1. The van der Waals surface area contributed by atoms with Crippen molar-refractivity contribution in [1.82, 2.24) is 4.90 Å². The maximum absolute atomic E-state index is 12.6. The van der Waals surface area contributed by atoms with Gasteiger partial charge < -0.3 is 14.2 Å². The maximum atomic E-state index is 12.6. The molecule has 1 aliphatic rings. The van der Waals surface area contributed by atoms with E-state index in [0.29, 0.717) is 32.2 Å². The Balaban J connectivity index is 1.91. The first kappa shape index (κ1) is 20.1. The zero-order valence-corrected chi connectivity index (χ0v) is 17.4. The lowest BCUT2D eigenvalue weighted by Gasteiger charge is -2.10. The summed E-state index contributed by atoms with van der Waals surface area (Å²) < 4.78 is 15.7. The molecule has 1 aliphatic heterocycles. The SMILES string of the molecule is COc1ccc(N=C2S/C(=C\c3cc(OC)c(OC)cc3Cl)C(=O)N2C)cc1. The average Bonchev–Trinajstić information content (AvgIpc) is 2.97. The molecule has 0 radical (unpaired) electrons. The Morgan fingerprint density at radius 2 is 1.68 bits per heavy atom. The van der Waals surface area contributed by atoms with Crippen LogP contribution in [0, 0.1) is 0 Å². The molecule has 3 rings (SSSR count). The van der Waals surface area contributed by atoms with E-state index in [1.165, 1.54) is 16.7 Å². The van der Waals surface area contributed by atoms with Crippen LogP contribution in [0.4, 0.5) is 5.69 Å². The Labute approximate surface area is 172 Å². The molecule has 2 aromatic carbocycles. The van der Waals surface area contributed by atoms with E-state index in [9.17, 15) is 4.79 Å². The molecule has 2 aromatic rings. The number of thioether (sulfide) groups is 1. The first-order valence-corrected chi connectivity index (χ1v) is 9.48. The topological polar surface area (TPSA) is 60.4 Å². The smallest absolute Gasteiger partial charge is 0.266 e. The van der Waals surface area contributed by atoms with Crippen molar-refractivity contribution in [1.29, 1.82) is 0 Å². The minimum Gasteiger partial charge on any atom is -0.497 e. The van der Waals surface area contributed by atoms with Crippen LogP contribution < -0.4 is 14.2 Å². The Hall–Kier alpha value is -2.64. The van der Waals surface area contributed by atoms with Crippen molar-refractivity contribution in [3.8, 4) is 17.2 Å². The van der Waals surface area contributed by atoms with E-state index in [4.69, 9.17) is 25.8 Å². The van der Waals surface area contributed by atoms with E-state index in [1.54, 1.807) is 46.6 Å². The minimum atomic E-state index is -0.150. The number of methoxy groups -OCH3 is 3. The Morgan fingerprint density at radius 3 is 2.29 bits per heavy atom. The second-order valence-electron chi connectivity index (χ2n) is 5.80. The maximum Gasteiger partial charge on any atom is 0.266 e. The first-order valence-electron chi connectivity index (χ1n) is 8.28. The van der Waals surface area contributed by atoms with Gasteiger partial charge in [-0.15, -0.1) is 0 Å². The molecule has 8 heteroatoms. The van der Waals surface area contributed by atoms with Gasteiger partial charge in [0.1, 0.15) is 5.75 Å². The summed E-state index contributed by atoms with van der Waals surface area (Å²) in [6, 6.07) is 10.7. The van der Waals surface area contributed by atoms with Crippen LogP contribution in [0.5, 0.6) is 17.2 Å². The largest absolute Gasteiger partial charge is 0.497 e. The van der Waals surface area contributed by atoms with Gasteiger partial charge in [-0.2, -0.15) is 0 Å². The van der Waals surface area contributed by atoms with Gasteiger partial charge in [0.25, 0.3) is 5.91 Å². The van der Waals surface area contributed by atoms with Crippen LogP contribution >= 0.6 is 23.4 Å². The van der Waals surface area contributed by atoms with E-state index in [-0.39, 0.29) is 5.91 Å². The molecule has 0 bridgehead atoms. The average molecular weight is 419 g/mol. The number of amidine groups is 1. The van der Waals surface area contributed by atoms with Crippen LogP contribution in [0.1, 0.15) is 5.56 Å². The second-order valence-corrected chi connectivity index (χ2v) is 7.21. The molecule has 0 unspecified atom stereocenters. The summed E-state index contributed by atoms with van der Waals surface area (Å²) in [4.78, 5) is 19.2. The summed E-state index contributed by atoms with van der Waals surface area (Å²) in [5.41, 5.74) is 1.39. The molecule has 0 atom stereocenters. The molecule has 0 aromatic heterocycles. The van der Waals surface area contributed by atoms with E-state index < -0.39 is 0 Å². The number of carbonyl (C=O) groups is 1. The zero-order valence-electron chi connectivity index (χ0n) is 15.9. The molecule has 1 fully saturated rings. The van der Waals surface area contributed by atoms with E-state index in [1.807, 2.05) is 24.3 Å². The highest BCUT2D eigenvalue weighted by Crippen LogP contribution is 2.38. The van der Waals surface area contributed by atoms with Crippen LogP contribution in [0.2, 0.25) is 5.02 Å². The molecule has 28 heavy (non-hydrogen) atoms. The van der Waals surface area contributed by atoms with E-state index in [2.05, 4.69) is 4.99 Å². The van der Waals surface area contributed by atoms with Crippen LogP contribution in [0.3, 0.4) is 0 Å². The molecule has 146 valence electrons. The quantitative estimate of drug-likeness (QED) is 0.664. The van der Waals surface area contributed by atoms with Gasteiger partial charge in [-0.1, -0.05) is 11.6 Å². The number of hydrogen-bond acceptors (Lipinski definition) is 6. The lowest BCUT2D eigenvalue weighted by molar-refractivity contribution is -0.121. The summed E-state index contributed by atoms with van der Waals surface area (Å²) in [5.74, 6) is 1.66. The van der Waals surface area contributed by atoms with Crippen molar-refractivity contribution in [3.05, 3.63) is 51.9 Å². The monoisotopic (exact) mass is 418 g/mol. The lowest BCUT2D eigenvalue weighted by Crippen LogP contribution is -2.23. The summed E-state index contributed by atoms with van der Waals surface area (Å²) in [7, 11) is 6.39. The molecule has 1 amide bonds. The number of hydrogen-bond donors (Lipinski definition) is 0. The number of benzene rings is 2. The van der Waals surface area contributed by atoms with Gasteiger partial charge in [0, 0.05) is 13.1 Å². The molecule has 1 heterocycles. The van der Waals surface area contributed by atoms with Crippen molar-refractivity contribution in [3.63, 3.8) is 0 Å². The molecule has 6 nitrogen and oxygen atoms in total. The highest BCUT2D eigenvalue weighted by Gasteiger charge is 2.30. The lowest BCUT2D eigenvalue weighted by atomic mass is 10.1. The van der Waals surface area contributed by atoms with Gasteiger partial charge in [0.05, 0.1) is 36.9 Å². The van der Waals surface area contributed by atoms with Crippen molar-refractivity contribution in [2.24, 2.45) is 4.99 Å². The van der Waals surface area contributed by atoms with Gasteiger partial charge in [-0.05, 0) is 53.7 Å². The Kier molecular flexibility index (Phi) is 6.16. The molecular formula is C20H19ClN2O4S. The van der Waals surface area contributed by atoms with Crippen molar-refractivity contribution >= 4 is 46.2 Å². The number of amides is 1. The normalized spacial score (nSPS) is 16.8. The fourth-order valence-electron chi connectivity index (χ4n) is 2.54. The van der Waals surface area contributed by atoms with Crippen LogP contribution in [-0.2, 0) is 4.79 Å². The predicted octanol–water partition coefficient (Wildman–Crippen LogP) is 4.60. The standard InChI is InChI=1S/C20H19ClN2O4S/c1-23-19(24)18(10-12-9-16(26-3)17(27-4)11-15(12)21)28-20(23)22-13-5-7-14(25-2)8-6-13/h5-11H,1-4H3/b18-10-,22-20?. The Morgan fingerprint density at radius 1 is 1.04 bits per heavy atom. The highest BCUT2D eigenvalue weighted by atomic mass is 35.5. The van der Waals surface area contributed by atoms with Gasteiger partial charge >= 0.3 is 0 Å². The summed E-state index contributed by atoms with van der Waals surface area (Å²) in [6.45, 7) is 0. The number of carbonyl (C=O) groups excluding carboxylic acids is 1. The second kappa shape index (κ2) is 8.58. The Bertz CT molecular complexity index is 957. The van der Waals surface area contributed by atoms with Gasteiger partial charge in [-0.25, -0.2) is 4.99 Å². The fourth-order valence-corrected chi connectivity index (χ4v) is 3.73. The van der Waals surface area contributed by atoms with E-state index >= 15 is 0 Å². The summed E-state index contributed by atoms with van der Waals surface area (Å²) in [5, 5.41) is 1.04. The van der Waals surface area contributed by atoms with Crippen molar-refractivity contribution in [2.75, 3.05) is 28.4 Å². The first-order chi connectivity index (χ1) is 13.5. The highest BCUT2D eigenvalue weighted by molar-refractivity contribution is 8.18. The van der Waals surface area contributed by atoms with Crippen LogP contribution in [0.15, 0.2) is 46.3 Å². The number of aliphatic imine (C=N–C) groups is 1. The fraction of sp³-hybridized carbons (Fsp3) is 0.200. The molecule has 0 saturated carbocycles. The van der Waals surface area contributed by atoms with Gasteiger partial charge in [-0.3, -0.25) is 9.69 Å². The molecule has 0 N–H and O–H groups in total. The third-order valence-corrected chi connectivity index (χ3v) is 5.48. The van der Waals surface area contributed by atoms with Gasteiger partial charge in [0.15, 0.2) is 16.7 Å². The van der Waals surface area contributed by atoms with Gasteiger partial charge in [0.2, 0.25) is 0 Å². The summed E-state index contributed by atoms with van der Waals surface area (Å²) >= 11 is 7.62. The number of halogens is 1. The summed E-state index contributed by atoms with van der Waals surface area (Å²) in [6.07, 6.45) is 1.73. The van der Waals surface area contributed by atoms with Crippen molar-refractivity contribution in [2.45, 2.75) is 0 Å². The third-order valence-electron chi connectivity index (χ3n) is 4.09. The molecule has 0 spiro atoms. The van der Waals surface area contributed by atoms with Crippen molar-refractivity contribution < 1.29 is 19.0 Å². The third kappa shape index (κ3) is 4.10. The predicted molar refractivity (Wildman–Crippen MR) is 113 cm³/mol. The number of ether oxygens (including phenoxy) is 3. The number of nitrogens with zero attached hydrogens (tertiary/aromatic N) is 2. The molecule has 0 aliphatic carbocycles. The molecular weight excluding hydrogens is 400 g/mol.